The van der Waals surface area contributed by atoms with E-state index >= 15 is 0 Å². The minimum absolute atomic E-state index is 0.0691. The average Bonchev–Trinajstić information content (AvgIpc) is 2.23. The van der Waals surface area contributed by atoms with Crippen LogP contribution in [0.5, 0.6) is 5.75 Å². The standard InChI is InChI=1S/C11H17NO3S/c1-4-15-10-6-7-11(9(3)8-10)12-16(13,14)5-2/h6-8,12H,4-5H2,1-3H3. The van der Waals surface area contributed by atoms with Crippen molar-refractivity contribution in [1.29, 1.82) is 0 Å². The molecule has 0 aliphatic heterocycles. The highest BCUT2D eigenvalue weighted by atomic mass is 32.2. The molecule has 0 aromatic heterocycles. The summed E-state index contributed by atoms with van der Waals surface area (Å²) in [5.74, 6) is 0.819. The number of nitrogens with one attached hydrogen (secondary N) is 1. The molecule has 0 spiro atoms. The molecule has 1 aromatic rings. The third kappa shape index (κ3) is 3.41. The number of hydrogen-bond acceptors (Lipinski definition) is 3. The molecule has 5 heteroatoms. The smallest absolute Gasteiger partial charge is 0.232 e. The molecule has 0 aliphatic carbocycles. The first-order valence-electron chi connectivity index (χ1n) is 5.22. The Balaban J connectivity index is 2.91. The summed E-state index contributed by atoms with van der Waals surface area (Å²) in [7, 11) is -3.21. The van der Waals surface area contributed by atoms with E-state index in [0.29, 0.717) is 12.3 Å². The van der Waals surface area contributed by atoms with Crippen LogP contribution in [0, 0.1) is 6.92 Å². The number of ether oxygens (including phenoxy) is 1. The largest absolute Gasteiger partial charge is 0.494 e. The zero-order valence-corrected chi connectivity index (χ0v) is 10.6. The van der Waals surface area contributed by atoms with Crippen molar-refractivity contribution < 1.29 is 13.2 Å². The van der Waals surface area contributed by atoms with Crippen molar-refractivity contribution in [3.63, 3.8) is 0 Å². The van der Waals surface area contributed by atoms with Gasteiger partial charge in [-0.2, -0.15) is 0 Å². The lowest BCUT2D eigenvalue weighted by Gasteiger charge is -2.10. The van der Waals surface area contributed by atoms with Crippen LogP contribution in [0.25, 0.3) is 0 Å². The van der Waals surface area contributed by atoms with Crippen molar-refractivity contribution in [3.05, 3.63) is 23.8 Å². The predicted molar refractivity (Wildman–Crippen MR) is 65.4 cm³/mol. The molecule has 0 bridgehead atoms. The summed E-state index contributed by atoms with van der Waals surface area (Å²) in [6.45, 7) is 5.95. The van der Waals surface area contributed by atoms with Crippen molar-refractivity contribution in [1.82, 2.24) is 0 Å². The van der Waals surface area contributed by atoms with E-state index in [1.807, 2.05) is 19.9 Å². The molecule has 0 unspecified atom stereocenters. The number of aryl methyl sites for hydroxylation is 1. The molecule has 0 aliphatic rings. The van der Waals surface area contributed by atoms with Crippen LogP contribution >= 0.6 is 0 Å². The lowest BCUT2D eigenvalue weighted by atomic mass is 10.2. The van der Waals surface area contributed by atoms with Crippen LogP contribution < -0.4 is 9.46 Å². The summed E-state index contributed by atoms with van der Waals surface area (Å²) < 4.78 is 30.6. The van der Waals surface area contributed by atoms with Crippen molar-refractivity contribution in [3.8, 4) is 5.75 Å². The first kappa shape index (κ1) is 12.8. The number of benzene rings is 1. The molecule has 16 heavy (non-hydrogen) atoms. The number of anilines is 1. The van der Waals surface area contributed by atoms with Crippen LogP contribution in [0.2, 0.25) is 0 Å². The number of sulfonamides is 1. The van der Waals surface area contributed by atoms with E-state index in [2.05, 4.69) is 4.72 Å². The summed E-state index contributed by atoms with van der Waals surface area (Å²) in [6, 6.07) is 5.29. The van der Waals surface area contributed by atoms with Crippen molar-refractivity contribution in [2.75, 3.05) is 17.1 Å². The van der Waals surface area contributed by atoms with Gasteiger partial charge >= 0.3 is 0 Å². The van der Waals surface area contributed by atoms with Gasteiger partial charge in [-0.3, -0.25) is 4.72 Å². The second-order valence-electron chi connectivity index (χ2n) is 3.42. The zero-order chi connectivity index (χ0) is 12.2. The monoisotopic (exact) mass is 243 g/mol. The Morgan fingerprint density at radius 2 is 2.00 bits per heavy atom. The Morgan fingerprint density at radius 1 is 1.31 bits per heavy atom. The maximum Gasteiger partial charge on any atom is 0.232 e. The average molecular weight is 243 g/mol. The molecule has 0 amide bonds. The predicted octanol–water partition coefficient (Wildman–Crippen LogP) is 2.16. The number of hydrogen-bond donors (Lipinski definition) is 1. The highest BCUT2D eigenvalue weighted by Crippen LogP contribution is 2.22. The molecule has 1 N–H and O–H groups in total. The van der Waals surface area contributed by atoms with Gasteiger partial charge in [0.25, 0.3) is 0 Å². The van der Waals surface area contributed by atoms with Crippen molar-refractivity contribution in [2.45, 2.75) is 20.8 Å². The van der Waals surface area contributed by atoms with Crippen LogP contribution in [0.4, 0.5) is 5.69 Å². The van der Waals surface area contributed by atoms with Gasteiger partial charge in [0, 0.05) is 0 Å². The topological polar surface area (TPSA) is 55.4 Å². The second kappa shape index (κ2) is 5.21. The quantitative estimate of drug-likeness (QED) is 0.862. The van der Waals surface area contributed by atoms with E-state index in [-0.39, 0.29) is 5.75 Å². The molecule has 90 valence electrons. The molecule has 0 fully saturated rings. The van der Waals surface area contributed by atoms with Gasteiger partial charge in [0.2, 0.25) is 10.0 Å². The van der Waals surface area contributed by atoms with Gasteiger partial charge < -0.3 is 4.74 Å². The summed E-state index contributed by atoms with van der Waals surface area (Å²) in [5.41, 5.74) is 1.45. The Kier molecular flexibility index (Phi) is 4.18. The first-order chi connectivity index (χ1) is 7.48. The van der Waals surface area contributed by atoms with Gasteiger partial charge in [-0.1, -0.05) is 0 Å². The molecule has 0 heterocycles. The van der Waals surface area contributed by atoms with Crippen LogP contribution in [0.3, 0.4) is 0 Å². The molecule has 0 radical (unpaired) electrons. The highest BCUT2D eigenvalue weighted by molar-refractivity contribution is 7.92. The fourth-order valence-corrected chi connectivity index (χ4v) is 1.96. The Bertz CT molecular complexity index is 454. The van der Waals surface area contributed by atoms with Crippen LogP contribution in [-0.2, 0) is 10.0 Å². The minimum atomic E-state index is -3.21. The lowest BCUT2D eigenvalue weighted by molar-refractivity contribution is 0.340. The Hall–Kier alpha value is -1.23. The van der Waals surface area contributed by atoms with Crippen LogP contribution in [-0.4, -0.2) is 20.8 Å². The SMILES string of the molecule is CCOc1ccc(NS(=O)(=O)CC)c(C)c1. The Labute approximate surface area is 96.7 Å². The maximum atomic E-state index is 11.4. The third-order valence-electron chi connectivity index (χ3n) is 2.15. The Morgan fingerprint density at radius 3 is 2.50 bits per heavy atom. The zero-order valence-electron chi connectivity index (χ0n) is 9.78. The molecule has 0 saturated heterocycles. The summed E-state index contributed by atoms with van der Waals surface area (Å²) >= 11 is 0. The molecular formula is C11H17NO3S. The van der Waals surface area contributed by atoms with E-state index in [9.17, 15) is 8.42 Å². The maximum absolute atomic E-state index is 11.4. The van der Waals surface area contributed by atoms with E-state index in [0.717, 1.165) is 11.3 Å². The van der Waals surface area contributed by atoms with Gasteiger partial charge in [0.15, 0.2) is 0 Å². The first-order valence-corrected chi connectivity index (χ1v) is 6.87. The van der Waals surface area contributed by atoms with E-state index in [1.54, 1.807) is 19.1 Å². The molecular weight excluding hydrogens is 226 g/mol. The van der Waals surface area contributed by atoms with Crippen molar-refractivity contribution >= 4 is 15.7 Å². The van der Waals surface area contributed by atoms with E-state index in [4.69, 9.17) is 4.74 Å². The van der Waals surface area contributed by atoms with Crippen molar-refractivity contribution in [2.24, 2.45) is 0 Å². The minimum Gasteiger partial charge on any atom is -0.494 e. The number of rotatable bonds is 5. The lowest BCUT2D eigenvalue weighted by Crippen LogP contribution is -2.15. The van der Waals surface area contributed by atoms with Crippen LogP contribution in [0.15, 0.2) is 18.2 Å². The van der Waals surface area contributed by atoms with E-state index in [1.165, 1.54) is 0 Å². The molecule has 1 aromatic carbocycles. The van der Waals surface area contributed by atoms with Crippen LogP contribution in [0.1, 0.15) is 19.4 Å². The summed E-state index contributed by atoms with van der Waals surface area (Å²) in [6.07, 6.45) is 0. The highest BCUT2D eigenvalue weighted by Gasteiger charge is 2.09. The third-order valence-corrected chi connectivity index (χ3v) is 3.45. The molecule has 4 nitrogen and oxygen atoms in total. The molecule has 0 saturated carbocycles. The van der Waals surface area contributed by atoms with Gasteiger partial charge in [-0.25, -0.2) is 8.42 Å². The van der Waals surface area contributed by atoms with Gasteiger partial charge in [0.1, 0.15) is 5.75 Å². The second-order valence-corrected chi connectivity index (χ2v) is 5.43. The van der Waals surface area contributed by atoms with E-state index < -0.39 is 10.0 Å². The fraction of sp³-hybridized carbons (Fsp3) is 0.455. The van der Waals surface area contributed by atoms with Gasteiger partial charge in [-0.05, 0) is 44.5 Å². The summed E-state index contributed by atoms with van der Waals surface area (Å²) in [4.78, 5) is 0. The van der Waals surface area contributed by atoms with Gasteiger partial charge in [0.05, 0.1) is 18.0 Å². The fourth-order valence-electron chi connectivity index (χ4n) is 1.25. The molecule has 1 rings (SSSR count). The molecule has 0 atom stereocenters. The summed E-state index contributed by atoms with van der Waals surface area (Å²) in [5, 5.41) is 0. The normalized spacial score (nSPS) is 11.2. The van der Waals surface area contributed by atoms with Gasteiger partial charge in [-0.15, -0.1) is 0 Å².